The molecule has 0 bridgehead atoms. The molecular formula is C15H12N2O3. The number of pyridine rings is 1. The van der Waals surface area contributed by atoms with Crippen LogP contribution in [-0.4, -0.2) is 16.9 Å². The summed E-state index contributed by atoms with van der Waals surface area (Å²) >= 11 is 0. The zero-order valence-electron chi connectivity index (χ0n) is 10.9. The Hall–Kier alpha value is -2.69. The number of amides is 1. The minimum Gasteiger partial charge on any atom is -0.333 e. The summed E-state index contributed by atoms with van der Waals surface area (Å²) in [5.74, 6) is -0.753. The number of carbonyl (C=O) groups excluding carboxylic acids is 2. The number of aromatic nitrogens is 1. The normalized spacial score (nSPS) is 13.2. The second kappa shape index (κ2) is 4.77. The molecule has 100 valence electrons. The minimum atomic E-state index is -0.513. The van der Waals surface area contributed by atoms with E-state index in [-0.39, 0.29) is 12.3 Å². The molecule has 2 aromatic rings. The molecule has 1 amide bonds. The predicted octanol–water partition coefficient (Wildman–Crippen LogP) is 2.12. The largest absolute Gasteiger partial charge is 0.333 e. The van der Waals surface area contributed by atoms with Gasteiger partial charge < -0.3 is 4.84 Å². The molecule has 3 rings (SSSR count). The van der Waals surface area contributed by atoms with E-state index < -0.39 is 5.97 Å². The number of carbonyl (C=O) groups is 2. The first-order valence-corrected chi connectivity index (χ1v) is 6.20. The molecule has 0 unspecified atom stereocenters. The van der Waals surface area contributed by atoms with E-state index in [1.54, 1.807) is 18.5 Å². The van der Waals surface area contributed by atoms with Crippen molar-refractivity contribution in [2.75, 3.05) is 5.06 Å². The van der Waals surface area contributed by atoms with Crippen LogP contribution in [0.15, 0.2) is 42.7 Å². The Bertz CT molecular complexity index is 683. The second-order valence-corrected chi connectivity index (χ2v) is 4.49. The average molecular weight is 268 g/mol. The zero-order valence-corrected chi connectivity index (χ0v) is 10.9. The van der Waals surface area contributed by atoms with Crippen LogP contribution in [0.5, 0.6) is 0 Å². The third-order valence-corrected chi connectivity index (χ3v) is 3.14. The van der Waals surface area contributed by atoms with E-state index in [9.17, 15) is 9.59 Å². The summed E-state index contributed by atoms with van der Waals surface area (Å²) in [5, 5.41) is 1.07. The lowest BCUT2D eigenvalue weighted by atomic mass is 9.99. The number of anilines is 1. The van der Waals surface area contributed by atoms with Gasteiger partial charge in [0.05, 0.1) is 12.1 Å². The van der Waals surface area contributed by atoms with Crippen molar-refractivity contribution < 1.29 is 14.4 Å². The standard InChI is InChI=1S/C15H12N2O3/c1-10(18)20-17-14-4-2-3-12(13(14)9-15(17)19)11-5-7-16-8-6-11/h2-8H,9H2,1H3. The molecule has 0 atom stereocenters. The highest BCUT2D eigenvalue weighted by Crippen LogP contribution is 2.36. The van der Waals surface area contributed by atoms with E-state index in [2.05, 4.69) is 4.98 Å². The molecule has 0 radical (unpaired) electrons. The fourth-order valence-corrected chi connectivity index (χ4v) is 2.34. The first kappa shape index (κ1) is 12.3. The molecule has 20 heavy (non-hydrogen) atoms. The minimum absolute atomic E-state index is 0.223. The molecule has 1 aliphatic heterocycles. The molecule has 5 nitrogen and oxygen atoms in total. The van der Waals surface area contributed by atoms with E-state index in [4.69, 9.17) is 4.84 Å². The number of nitrogens with zero attached hydrogens (tertiary/aromatic N) is 2. The molecule has 2 heterocycles. The van der Waals surface area contributed by atoms with E-state index in [0.717, 1.165) is 21.8 Å². The molecule has 1 aliphatic rings. The maximum atomic E-state index is 12.0. The van der Waals surface area contributed by atoms with Gasteiger partial charge in [-0.2, -0.15) is 0 Å². The van der Waals surface area contributed by atoms with Gasteiger partial charge in [-0.25, -0.2) is 4.79 Å². The van der Waals surface area contributed by atoms with Crippen molar-refractivity contribution in [1.82, 2.24) is 4.98 Å². The van der Waals surface area contributed by atoms with Crippen molar-refractivity contribution in [3.05, 3.63) is 48.3 Å². The quantitative estimate of drug-likeness (QED) is 0.837. The van der Waals surface area contributed by atoms with Gasteiger partial charge in [0.2, 0.25) is 0 Å². The van der Waals surface area contributed by atoms with Gasteiger partial charge in [-0.1, -0.05) is 12.1 Å². The molecule has 0 N–H and O–H groups in total. The van der Waals surface area contributed by atoms with Crippen molar-refractivity contribution in [2.24, 2.45) is 0 Å². The maximum Gasteiger partial charge on any atom is 0.330 e. The van der Waals surface area contributed by atoms with Gasteiger partial charge in [0.15, 0.2) is 0 Å². The Morgan fingerprint density at radius 2 is 2.00 bits per heavy atom. The van der Waals surface area contributed by atoms with Crippen LogP contribution in [0.2, 0.25) is 0 Å². The summed E-state index contributed by atoms with van der Waals surface area (Å²) in [6, 6.07) is 9.32. The lowest BCUT2D eigenvalue weighted by Gasteiger charge is -2.15. The summed E-state index contributed by atoms with van der Waals surface area (Å²) in [4.78, 5) is 32.0. The Kier molecular flexibility index (Phi) is 2.95. The maximum absolute atomic E-state index is 12.0. The Labute approximate surface area is 115 Å². The average Bonchev–Trinajstić information content (AvgIpc) is 2.76. The predicted molar refractivity (Wildman–Crippen MR) is 72.6 cm³/mol. The van der Waals surface area contributed by atoms with Crippen LogP contribution >= 0.6 is 0 Å². The topological polar surface area (TPSA) is 59.5 Å². The zero-order chi connectivity index (χ0) is 14.1. The van der Waals surface area contributed by atoms with Gasteiger partial charge in [-0.05, 0) is 34.9 Å². The highest BCUT2D eigenvalue weighted by atomic mass is 16.7. The number of fused-ring (bicyclic) bond motifs is 1. The summed E-state index contributed by atoms with van der Waals surface area (Å²) < 4.78 is 0. The van der Waals surface area contributed by atoms with E-state index >= 15 is 0 Å². The van der Waals surface area contributed by atoms with E-state index in [1.165, 1.54) is 6.92 Å². The SMILES string of the molecule is CC(=O)ON1C(=O)Cc2c(-c3ccncc3)cccc21. The summed E-state index contributed by atoms with van der Waals surface area (Å²) in [6.07, 6.45) is 3.63. The van der Waals surface area contributed by atoms with Crippen molar-refractivity contribution in [2.45, 2.75) is 13.3 Å². The third-order valence-electron chi connectivity index (χ3n) is 3.14. The van der Waals surface area contributed by atoms with Gasteiger partial charge in [0.1, 0.15) is 0 Å². The molecule has 1 aromatic carbocycles. The van der Waals surface area contributed by atoms with Gasteiger partial charge >= 0.3 is 5.97 Å². The van der Waals surface area contributed by atoms with Gasteiger partial charge in [0, 0.05) is 19.3 Å². The van der Waals surface area contributed by atoms with Gasteiger partial charge in [-0.15, -0.1) is 5.06 Å². The molecule has 0 saturated carbocycles. The van der Waals surface area contributed by atoms with Crippen LogP contribution in [0.1, 0.15) is 12.5 Å². The van der Waals surface area contributed by atoms with Crippen LogP contribution in [-0.2, 0) is 20.8 Å². The second-order valence-electron chi connectivity index (χ2n) is 4.49. The number of hydroxylamine groups is 1. The first-order chi connectivity index (χ1) is 9.66. The smallest absolute Gasteiger partial charge is 0.330 e. The molecule has 0 aliphatic carbocycles. The number of hydrogen-bond donors (Lipinski definition) is 0. The van der Waals surface area contributed by atoms with Crippen LogP contribution in [0.3, 0.4) is 0 Å². The Balaban J connectivity index is 2.08. The lowest BCUT2D eigenvalue weighted by molar-refractivity contribution is -0.147. The lowest BCUT2D eigenvalue weighted by Crippen LogP contribution is -2.28. The van der Waals surface area contributed by atoms with Crippen LogP contribution < -0.4 is 5.06 Å². The highest BCUT2D eigenvalue weighted by molar-refractivity contribution is 6.03. The molecule has 1 aromatic heterocycles. The monoisotopic (exact) mass is 268 g/mol. The van der Waals surface area contributed by atoms with Crippen molar-refractivity contribution in [3.63, 3.8) is 0 Å². The number of rotatable bonds is 2. The van der Waals surface area contributed by atoms with Crippen molar-refractivity contribution in [1.29, 1.82) is 0 Å². The Morgan fingerprint density at radius 1 is 1.25 bits per heavy atom. The molecule has 0 saturated heterocycles. The number of benzene rings is 1. The fourth-order valence-electron chi connectivity index (χ4n) is 2.34. The van der Waals surface area contributed by atoms with Gasteiger partial charge in [-0.3, -0.25) is 9.78 Å². The summed E-state index contributed by atoms with van der Waals surface area (Å²) in [7, 11) is 0. The van der Waals surface area contributed by atoms with Gasteiger partial charge in [0.25, 0.3) is 5.91 Å². The molecular weight excluding hydrogens is 256 g/mol. The third kappa shape index (κ3) is 2.03. The van der Waals surface area contributed by atoms with Crippen molar-refractivity contribution in [3.8, 4) is 11.1 Å². The highest BCUT2D eigenvalue weighted by Gasteiger charge is 2.32. The fraction of sp³-hybridized carbons (Fsp3) is 0.133. The number of hydrogen-bond acceptors (Lipinski definition) is 4. The van der Waals surface area contributed by atoms with Crippen molar-refractivity contribution >= 4 is 17.6 Å². The van der Waals surface area contributed by atoms with Crippen LogP contribution in [0.4, 0.5) is 5.69 Å². The molecule has 5 heteroatoms. The summed E-state index contributed by atoms with van der Waals surface area (Å²) in [6.45, 7) is 1.28. The first-order valence-electron chi connectivity index (χ1n) is 6.20. The van der Waals surface area contributed by atoms with Crippen LogP contribution in [0.25, 0.3) is 11.1 Å². The van der Waals surface area contributed by atoms with Crippen LogP contribution in [0, 0.1) is 0 Å². The molecule has 0 fully saturated rings. The Morgan fingerprint density at radius 3 is 2.70 bits per heavy atom. The van der Waals surface area contributed by atoms with E-state index in [0.29, 0.717) is 5.69 Å². The molecule has 0 spiro atoms. The van der Waals surface area contributed by atoms with E-state index in [1.807, 2.05) is 24.3 Å². The summed E-state index contributed by atoms with van der Waals surface area (Å²) in [5.41, 5.74) is 3.42.